The van der Waals surface area contributed by atoms with Crippen LogP contribution in [0.3, 0.4) is 0 Å². The molecule has 0 atom stereocenters. The van der Waals surface area contributed by atoms with E-state index in [0.717, 1.165) is 25.9 Å². The number of phenolic OH excluding ortho intramolecular Hbond substituents is 1. The predicted molar refractivity (Wildman–Crippen MR) is 70.5 cm³/mol. The molecular formula is C13H15N3O3. The van der Waals surface area contributed by atoms with Crippen LogP contribution in [-0.4, -0.2) is 34.3 Å². The molecule has 0 amide bonds. The van der Waals surface area contributed by atoms with E-state index >= 15 is 0 Å². The van der Waals surface area contributed by atoms with Gasteiger partial charge in [-0.1, -0.05) is 0 Å². The summed E-state index contributed by atoms with van der Waals surface area (Å²) in [5, 5.41) is 13.6. The fourth-order valence-electron chi connectivity index (χ4n) is 2.27. The Hall–Kier alpha value is -2.08. The van der Waals surface area contributed by atoms with E-state index in [9.17, 15) is 9.90 Å². The van der Waals surface area contributed by atoms with E-state index in [4.69, 9.17) is 4.74 Å². The third-order valence-corrected chi connectivity index (χ3v) is 3.30. The van der Waals surface area contributed by atoms with Crippen LogP contribution in [0.5, 0.6) is 11.5 Å². The summed E-state index contributed by atoms with van der Waals surface area (Å²) in [4.78, 5) is 18.2. The number of aromatic hydroxyl groups is 1. The third kappa shape index (κ3) is 2.39. The average Bonchev–Trinajstić information content (AvgIpc) is 2.42. The first-order valence-electron chi connectivity index (χ1n) is 6.32. The molecule has 2 aromatic rings. The molecule has 0 aliphatic carbocycles. The quantitative estimate of drug-likeness (QED) is 0.743. The van der Waals surface area contributed by atoms with Gasteiger partial charge in [-0.3, -0.25) is 4.79 Å². The van der Waals surface area contributed by atoms with E-state index in [2.05, 4.69) is 15.3 Å². The Morgan fingerprint density at radius 1 is 1.32 bits per heavy atom. The van der Waals surface area contributed by atoms with Crippen LogP contribution in [0.2, 0.25) is 0 Å². The number of phenols is 1. The summed E-state index contributed by atoms with van der Waals surface area (Å²) >= 11 is 0. The van der Waals surface area contributed by atoms with E-state index in [1.54, 1.807) is 6.07 Å². The summed E-state index contributed by atoms with van der Waals surface area (Å²) in [6, 6.07) is 3.01. The van der Waals surface area contributed by atoms with E-state index in [1.807, 2.05) is 0 Å². The first-order chi connectivity index (χ1) is 9.24. The number of rotatable bonds is 2. The van der Waals surface area contributed by atoms with Gasteiger partial charge in [-0.2, -0.15) is 0 Å². The molecule has 0 unspecified atom stereocenters. The molecule has 0 spiro atoms. The summed E-state index contributed by atoms with van der Waals surface area (Å²) in [5.74, 6) is 0.363. The summed E-state index contributed by atoms with van der Waals surface area (Å²) < 4.78 is 5.78. The van der Waals surface area contributed by atoms with Gasteiger partial charge in [0, 0.05) is 6.07 Å². The van der Waals surface area contributed by atoms with Crippen molar-refractivity contribution >= 4 is 10.9 Å². The number of ether oxygens (including phenoxy) is 1. The zero-order chi connectivity index (χ0) is 13.2. The maximum Gasteiger partial charge on any atom is 0.258 e. The van der Waals surface area contributed by atoms with Crippen LogP contribution in [0.4, 0.5) is 0 Å². The van der Waals surface area contributed by atoms with E-state index in [1.165, 1.54) is 12.4 Å². The lowest BCUT2D eigenvalue weighted by Crippen LogP contribution is -2.34. The van der Waals surface area contributed by atoms with Gasteiger partial charge in [-0.05, 0) is 32.0 Å². The summed E-state index contributed by atoms with van der Waals surface area (Å²) in [5.41, 5.74) is 0.221. The van der Waals surface area contributed by atoms with Crippen molar-refractivity contribution in [3.8, 4) is 11.5 Å². The maximum absolute atomic E-state index is 11.7. The number of H-pyrrole nitrogens is 1. The second kappa shape index (κ2) is 4.89. The lowest BCUT2D eigenvalue weighted by Gasteiger charge is -2.24. The maximum atomic E-state index is 11.7. The van der Waals surface area contributed by atoms with Gasteiger partial charge in [-0.15, -0.1) is 0 Å². The Morgan fingerprint density at radius 3 is 2.89 bits per heavy atom. The van der Waals surface area contributed by atoms with E-state index in [0.29, 0.717) is 16.7 Å². The number of nitrogens with zero attached hydrogens (tertiary/aromatic N) is 1. The molecule has 3 rings (SSSR count). The molecule has 6 nitrogen and oxygen atoms in total. The molecule has 3 N–H and O–H groups in total. The van der Waals surface area contributed by atoms with Gasteiger partial charge < -0.3 is 20.1 Å². The minimum Gasteiger partial charge on any atom is -0.504 e. The van der Waals surface area contributed by atoms with Crippen LogP contribution < -0.4 is 15.6 Å². The van der Waals surface area contributed by atoms with Crippen LogP contribution >= 0.6 is 0 Å². The molecule has 0 radical (unpaired) electrons. The minimum absolute atomic E-state index is 0.0177. The first-order valence-corrected chi connectivity index (χ1v) is 6.32. The number of nitrogens with one attached hydrogen (secondary N) is 2. The SMILES string of the molecule is O=c1[nH]cnc2cc(O)c(OC3CCNCC3)cc12. The zero-order valence-corrected chi connectivity index (χ0v) is 10.3. The highest BCUT2D eigenvalue weighted by Crippen LogP contribution is 2.30. The van der Waals surface area contributed by atoms with Crippen molar-refractivity contribution in [2.24, 2.45) is 0 Å². The zero-order valence-electron chi connectivity index (χ0n) is 10.3. The largest absolute Gasteiger partial charge is 0.504 e. The number of aromatic amines is 1. The lowest BCUT2D eigenvalue weighted by atomic mass is 10.1. The number of fused-ring (bicyclic) bond motifs is 1. The monoisotopic (exact) mass is 261 g/mol. The van der Waals surface area contributed by atoms with Crippen molar-refractivity contribution < 1.29 is 9.84 Å². The van der Waals surface area contributed by atoms with Crippen molar-refractivity contribution in [2.45, 2.75) is 18.9 Å². The Bertz CT molecular complexity index is 647. The molecule has 1 aromatic heterocycles. The number of benzene rings is 1. The van der Waals surface area contributed by atoms with Gasteiger partial charge >= 0.3 is 0 Å². The molecular weight excluding hydrogens is 246 g/mol. The van der Waals surface area contributed by atoms with Crippen LogP contribution in [0.1, 0.15) is 12.8 Å². The van der Waals surface area contributed by atoms with Crippen LogP contribution in [0.25, 0.3) is 10.9 Å². The van der Waals surface area contributed by atoms with Gasteiger partial charge in [0.05, 0.1) is 17.2 Å². The topological polar surface area (TPSA) is 87.2 Å². The Balaban J connectivity index is 1.96. The molecule has 1 aliphatic rings. The molecule has 1 saturated heterocycles. The smallest absolute Gasteiger partial charge is 0.258 e. The van der Waals surface area contributed by atoms with E-state index < -0.39 is 0 Å². The van der Waals surface area contributed by atoms with Crippen molar-refractivity contribution in [3.63, 3.8) is 0 Å². The molecule has 1 aromatic carbocycles. The normalized spacial score (nSPS) is 16.6. The van der Waals surface area contributed by atoms with Crippen LogP contribution in [-0.2, 0) is 0 Å². The molecule has 6 heteroatoms. The van der Waals surface area contributed by atoms with Crippen molar-refractivity contribution in [1.82, 2.24) is 15.3 Å². The first kappa shape index (κ1) is 12.0. The van der Waals surface area contributed by atoms with Gasteiger partial charge in [-0.25, -0.2) is 4.98 Å². The standard InChI is InChI=1S/C13H15N3O3/c17-11-6-10-9(13(18)16-7-15-10)5-12(11)19-8-1-3-14-4-2-8/h5-8,14,17H,1-4H2,(H,15,16,18). The van der Waals surface area contributed by atoms with Crippen LogP contribution in [0.15, 0.2) is 23.3 Å². The van der Waals surface area contributed by atoms with Gasteiger partial charge in [0.15, 0.2) is 11.5 Å². The van der Waals surface area contributed by atoms with Crippen molar-refractivity contribution in [2.75, 3.05) is 13.1 Å². The predicted octanol–water partition coefficient (Wildman–Crippen LogP) is 0.759. The highest BCUT2D eigenvalue weighted by Gasteiger charge is 2.17. The summed E-state index contributed by atoms with van der Waals surface area (Å²) in [6.07, 6.45) is 3.17. The molecule has 19 heavy (non-hydrogen) atoms. The van der Waals surface area contributed by atoms with Crippen molar-refractivity contribution in [3.05, 3.63) is 28.8 Å². The fraction of sp³-hybridized carbons (Fsp3) is 0.385. The second-order valence-electron chi connectivity index (χ2n) is 4.64. The van der Waals surface area contributed by atoms with Crippen molar-refractivity contribution in [1.29, 1.82) is 0 Å². The number of hydrogen-bond acceptors (Lipinski definition) is 5. The Morgan fingerprint density at radius 2 is 2.11 bits per heavy atom. The molecule has 0 saturated carbocycles. The lowest BCUT2D eigenvalue weighted by molar-refractivity contribution is 0.157. The number of hydrogen-bond donors (Lipinski definition) is 3. The number of aromatic nitrogens is 2. The second-order valence-corrected chi connectivity index (χ2v) is 4.64. The molecule has 2 heterocycles. The Labute approximate surface area is 109 Å². The molecule has 1 aliphatic heterocycles. The third-order valence-electron chi connectivity index (χ3n) is 3.30. The average molecular weight is 261 g/mol. The van der Waals surface area contributed by atoms with Gasteiger partial charge in [0.2, 0.25) is 0 Å². The minimum atomic E-state index is -0.236. The van der Waals surface area contributed by atoms with E-state index in [-0.39, 0.29) is 17.4 Å². The molecule has 0 bridgehead atoms. The highest BCUT2D eigenvalue weighted by molar-refractivity contribution is 5.81. The fourth-order valence-corrected chi connectivity index (χ4v) is 2.27. The molecule has 100 valence electrons. The van der Waals surface area contributed by atoms with Crippen LogP contribution in [0, 0.1) is 0 Å². The molecule has 1 fully saturated rings. The summed E-state index contributed by atoms with van der Waals surface area (Å²) in [7, 11) is 0. The van der Waals surface area contributed by atoms with Gasteiger partial charge in [0.25, 0.3) is 5.56 Å². The number of piperidine rings is 1. The Kier molecular flexibility index (Phi) is 3.08. The van der Waals surface area contributed by atoms with Gasteiger partial charge in [0.1, 0.15) is 6.10 Å². The highest BCUT2D eigenvalue weighted by atomic mass is 16.5. The summed E-state index contributed by atoms with van der Waals surface area (Å²) in [6.45, 7) is 1.81.